The Morgan fingerprint density at radius 1 is 1.35 bits per heavy atom. The fourth-order valence-electron chi connectivity index (χ4n) is 3.19. The zero-order valence-electron chi connectivity index (χ0n) is 15.2. The minimum absolute atomic E-state index is 0. The van der Waals surface area contributed by atoms with Crippen LogP contribution in [0.5, 0.6) is 0 Å². The minimum atomic E-state index is 0. The van der Waals surface area contributed by atoms with Crippen molar-refractivity contribution in [1.82, 2.24) is 20.0 Å². The van der Waals surface area contributed by atoms with Crippen LogP contribution in [-0.2, 0) is 11.3 Å². The minimum Gasteiger partial charge on any atom is -0.340 e. The lowest BCUT2D eigenvalue weighted by Crippen LogP contribution is -2.33. The van der Waals surface area contributed by atoms with Crippen LogP contribution in [0.15, 0.2) is 48.7 Å². The number of hydrogen-bond donors (Lipinski definition) is 1. The highest BCUT2D eigenvalue weighted by atomic mass is 35.5. The molecule has 1 aromatic carbocycles. The summed E-state index contributed by atoms with van der Waals surface area (Å²) < 4.78 is 1.86. The number of piperidine rings is 1. The molecule has 5 nitrogen and oxygen atoms in total. The highest BCUT2D eigenvalue weighted by Gasteiger charge is 2.20. The predicted molar refractivity (Wildman–Crippen MR) is 107 cm³/mol. The Labute approximate surface area is 161 Å². The summed E-state index contributed by atoms with van der Waals surface area (Å²) in [6, 6.07) is 12.2. The number of rotatable bonds is 6. The van der Waals surface area contributed by atoms with Gasteiger partial charge in [0.15, 0.2) is 0 Å². The number of carbonyl (C=O) groups is 1. The van der Waals surface area contributed by atoms with Crippen molar-refractivity contribution in [3.05, 3.63) is 59.9 Å². The third-order valence-corrected chi connectivity index (χ3v) is 4.66. The standard InChI is InChI=1S/C20H26N4O.ClH/c1-23(14-6-9-17-7-3-2-4-8-17)20(25)16-24-19(11-13-22-24)18-10-5-12-21-15-18;/h2-4,6-9,11,13,18,21H,5,10,12,14-16H2,1H3;1H/b9-6+;. The molecule has 1 aliphatic rings. The topological polar surface area (TPSA) is 50.2 Å². The van der Waals surface area contributed by atoms with E-state index in [1.54, 1.807) is 11.1 Å². The number of aromatic nitrogens is 2. The maximum Gasteiger partial charge on any atom is 0.244 e. The monoisotopic (exact) mass is 374 g/mol. The first-order valence-electron chi connectivity index (χ1n) is 8.92. The van der Waals surface area contributed by atoms with Crippen LogP contribution in [0, 0.1) is 0 Å². The van der Waals surface area contributed by atoms with Crippen molar-refractivity contribution in [3.63, 3.8) is 0 Å². The van der Waals surface area contributed by atoms with Crippen molar-refractivity contribution in [2.24, 2.45) is 0 Å². The van der Waals surface area contributed by atoms with E-state index in [-0.39, 0.29) is 18.3 Å². The fraction of sp³-hybridized carbons (Fsp3) is 0.400. The van der Waals surface area contributed by atoms with E-state index in [0.29, 0.717) is 19.0 Å². The van der Waals surface area contributed by atoms with Gasteiger partial charge in [0.2, 0.25) is 5.91 Å². The molecule has 0 spiro atoms. The van der Waals surface area contributed by atoms with E-state index in [2.05, 4.69) is 10.4 Å². The molecule has 1 saturated heterocycles. The summed E-state index contributed by atoms with van der Waals surface area (Å²) in [5.41, 5.74) is 2.30. The maximum absolute atomic E-state index is 12.5. The van der Waals surface area contributed by atoms with Crippen LogP contribution >= 0.6 is 12.4 Å². The van der Waals surface area contributed by atoms with Crippen molar-refractivity contribution in [2.45, 2.75) is 25.3 Å². The molecule has 26 heavy (non-hydrogen) atoms. The number of likely N-dealkylation sites (N-methyl/N-ethyl adjacent to an activating group) is 1. The van der Waals surface area contributed by atoms with Crippen molar-refractivity contribution in [2.75, 3.05) is 26.7 Å². The third-order valence-electron chi connectivity index (χ3n) is 4.66. The molecule has 0 saturated carbocycles. The van der Waals surface area contributed by atoms with Gasteiger partial charge in [-0.1, -0.05) is 42.5 Å². The van der Waals surface area contributed by atoms with E-state index in [1.807, 2.05) is 60.3 Å². The molecule has 0 bridgehead atoms. The van der Waals surface area contributed by atoms with Crippen LogP contribution in [0.1, 0.15) is 30.0 Å². The molecule has 1 N–H and O–H groups in total. The number of nitrogens with one attached hydrogen (secondary N) is 1. The zero-order chi connectivity index (χ0) is 17.5. The van der Waals surface area contributed by atoms with Gasteiger partial charge in [-0.3, -0.25) is 9.48 Å². The molecule has 1 aliphatic heterocycles. The summed E-state index contributed by atoms with van der Waals surface area (Å²) in [4.78, 5) is 14.2. The lowest BCUT2D eigenvalue weighted by Gasteiger charge is -2.24. The third kappa shape index (κ3) is 5.44. The Morgan fingerprint density at radius 2 is 2.15 bits per heavy atom. The molecule has 1 fully saturated rings. The van der Waals surface area contributed by atoms with Gasteiger partial charge in [0.05, 0.1) is 0 Å². The molecule has 1 amide bonds. The van der Waals surface area contributed by atoms with Gasteiger partial charge >= 0.3 is 0 Å². The molecule has 1 atom stereocenters. The zero-order valence-corrected chi connectivity index (χ0v) is 16.0. The Hall–Kier alpha value is -2.11. The molecule has 2 aromatic rings. The van der Waals surface area contributed by atoms with Crippen molar-refractivity contribution < 1.29 is 4.79 Å². The predicted octanol–water partition coefficient (Wildman–Crippen LogP) is 2.94. The van der Waals surface area contributed by atoms with E-state index in [4.69, 9.17) is 0 Å². The van der Waals surface area contributed by atoms with Crippen molar-refractivity contribution in [3.8, 4) is 0 Å². The van der Waals surface area contributed by atoms with Crippen LogP contribution in [0.2, 0.25) is 0 Å². The van der Waals surface area contributed by atoms with Gasteiger partial charge in [-0.05, 0) is 31.0 Å². The van der Waals surface area contributed by atoms with Crippen LogP contribution in [0.4, 0.5) is 0 Å². The number of nitrogens with zero attached hydrogens (tertiary/aromatic N) is 3. The molecule has 0 radical (unpaired) electrons. The van der Waals surface area contributed by atoms with Gasteiger partial charge in [0.25, 0.3) is 0 Å². The van der Waals surface area contributed by atoms with Gasteiger partial charge in [0, 0.05) is 37.9 Å². The Bertz CT molecular complexity index is 708. The lowest BCUT2D eigenvalue weighted by molar-refractivity contribution is -0.130. The van der Waals surface area contributed by atoms with Crippen LogP contribution in [0.3, 0.4) is 0 Å². The second kappa shape index (κ2) is 10.1. The molecule has 2 heterocycles. The normalized spacial score (nSPS) is 17.0. The number of halogens is 1. The van der Waals surface area contributed by atoms with Crippen LogP contribution in [0.25, 0.3) is 6.08 Å². The lowest BCUT2D eigenvalue weighted by atomic mass is 9.96. The highest BCUT2D eigenvalue weighted by Crippen LogP contribution is 2.22. The first-order valence-corrected chi connectivity index (χ1v) is 8.92. The van der Waals surface area contributed by atoms with Crippen LogP contribution in [-0.4, -0.2) is 47.3 Å². The summed E-state index contributed by atoms with van der Waals surface area (Å²) in [5, 5.41) is 7.79. The average molecular weight is 375 g/mol. The van der Waals surface area contributed by atoms with Crippen molar-refractivity contribution >= 4 is 24.4 Å². The first-order chi connectivity index (χ1) is 12.2. The summed E-state index contributed by atoms with van der Waals surface area (Å²) in [6.07, 6.45) is 8.18. The largest absolute Gasteiger partial charge is 0.340 e. The SMILES string of the molecule is CN(C/C=C/c1ccccc1)C(=O)Cn1nccc1C1CCCNC1.Cl. The van der Waals surface area contributed by atoms with E-state index in [0.717, 1.165) is 30.8 Å². The van der Waals surface area contributed by atoms with Gasteiger partial charge in [-0.25, -0.2) is 0 Å². The highest BCUT2D eigenvalue weighted by molar-refractivity contribution is 5.85. The summed E-state index contributed by atoms with van der Waals surface area (Å²) in [5.74, 6) is 0.527. The van der Waals surface area contributed by atoms with E-state index >= 15 is 0 Å². The summed E-state index contributed by atoms with van der Waals surface area (Å²) in [6.45, 7) is 2.94. The second-order valence-corrected chi connectivity index (χ2v) is 6.54. The molecule has 0 aliphatic carbocycles. The first kappa shape index (κ1) is 20.2. The molecule has 1 unspecified atom stereocenters. The average Bonchev–Trinajstić information content (AvgIpc) is 3.11. The molecule has 1 aromatic heterocycles. The van der Waals surface area contributed by atoms with Crippen molar-refractivity contribution in [1.29, 1.82) is 0 Å². The molecule has 3 rings (SSSR count). The molecule has 6 heteroatoms. The van der Waals surface area contributed by atoms with Gasteiger partial charge in [0.1, 0.15) is 6.54 Å². The smallest absolute Gasteiger partial charge is 0.244 e. The number of carbonyl (C=O) groups excluding carboxylic acids is 1. The van der Waals surface area contributed by atoms with Gasteiger partial charge < -0.3 is 10.2 Å². The Balaban J connectivity index is 0.00000243. The van der Waals surface area contributed by atoms with E-state index in [1.165, 1.54) is 6.42 Å². The number of hydrogen-bond acceptors (Lipinski definition) is 3. The summed E-state index contributed by atoms with van der Waals surface area (Å²) in [7, 11) is 1.84. The quantitative estimate of drug-likeness (QED) is 0.845. The molecule has 140 valence electrons. The Morgan fingerprint density at radius 3 is 2.88 bits per heavy atom. The molecular weight excluding hydrogens is 348 g/mol. The number of amides is 1. The fourth-order valence-corrected chi connectivity index (χ4v) is 3.19. The van der Waals surface area contributed by atoms with Gasteiger partial charge in [-0.2, -0.15) is 5.10 Å². The van der Waals surface area contributed by atoms with Crippen LogP contribution < -0.4 is 5.32 Å². The second-order valence-electron chi connectivity index (χ2n) is 6.54. The maximum atomic E-state index is 12.5. The van der Waals surface area contributed by atoms with Gasteiger partial charge in [-0.15, -0.1) is 12.4 Å². The summed E-state index contributed by atoms with van der Waals surface area (Å²) >= 11 is 0. The Kier molecular flexibility index (Phi) is 7.88. The molecular formula is C20H27ClN4O. The number of benzene rings is 1. The van der Waals surface area contributed by atoms with E-state index < -0.39 is 0 Å². The van der Waals surface area contributed by atoms with E-state index in [9.17, 15) is 4.79 Å².